The summed E-state index contributed by atoms with van der Waals surface area (Å²) in [6.45, 7) is 6.59. The van der Waals surface area contributed by atoms with Crippen LogP contribution in [0.1, 0.15) is 50.2 Å². The Kier molecular flexibility index (Phi) is 6.10. The van der Waals surface area contributed by atoms with Gasteiger partial charge in [-0.15, -0.1) is 0 Å². The third kappa shape index (κ3) is 5.24. The van der Waals surface area contributed by atoms with Crippen molar-refractivity contribution in [1.82, 2.24) is 10.6 Å². The third-order valence-corrected chi connectivity index (χ3v) is 4.30. The van der Waals surface area contributed by atoms with E-state index in [-0.39, 0.29) is 12.1 Å². The van der Waals surface area contributed by atoms with Crippen molar-refractivity contribution in [2.45, 2.75) is 65.0 Å². The Morgan fingerprint density at radius 2 is 1.95 bits per heavy atom. The first kappa shape index (κ1) is 16.7. The molecule has 1 aromatic carbocycles. The molecule has 0 heterocycles. The summed E-state index contributed by atoms with van der Waals surface area (Å²) >= 11 is 0. The zero-order valence-corrected chi connectivity index (χ0v) is 13.9. The number of rotatable bonds is 5. The molecule has 0 aromatic heterocycles. The van der Waals surface area contributed by atoms with Crippen molar-refractivity contribution < 1.29 is 9.53 Å². The minimum absolute atomic E-state index is 0.0230. The smallest absolute Gasteiger partial charge is 0.315 e. The Balaban J connectivity index is 1.71. The molecule has 2 amide bonds. The van der Waals surface area contributed by atoms with Gasteiger partial charge in [0, 0.05) is 6.04 Å². The van der Waals surface area contributed by atoms with Crippen molar-refractivity contribution in [2.24, 2.45) is 0 Å². The molecular weight excluding hydrogens is 276 g/mol. The summed E-state index contributed by atoms with van der Waals surface area (Å²) in [6, 6.07) is 6.29. The van der Waals surface area contributed by atoms with E-state index in [1.807, 2.05) is 19.1 Å². The molecular formula is C18H28N2O2. The largest absolute Gasteiger partial charge is 0.491 e. The minimum atomic E-state index is -0.0805. The van der Waals surface area contributed by atoms with Gasteiger partial charge in [-0.2, -0.15) is 0 Å². The molecule has 1 fully saturated rings. The van der Waals surface area contributed by atoms with Crippen molar-refractivity contribution in [3.8, 4) is 5.75 Å². The summed E-state index contributed by atoms with van der Waals surface area (Å²) in [5.74, 6) is 0.851. The van der Waals surface area contributed by atoms with Gasteiger partial charge in [-0.1, -0.05) is 25.3 Å². The molecule has 1 unspecified atom stereocenters. The lowest BCUT2D eigenvalue weighted by Gasteiger charge is -2.24. The van der Waals surface area contributed by atoms with Gasteiger partial charge in [0.25, 0.3) is 0 Å². The van der Waals surface area contributed by atoms with E-state index >= 15 is 0 Å². The van der Waals surface area contributed by atoms with Gasteiger partial charge >= 0.3 is 6.03 Å². The Hall–Kier alpha value is -1.71. The van der Waals surface area contributed by atoms with Crippen molar-refractivity contribution in [1.29, 1.82) is 0 Å². The molecule has 0 aliphatic heterocycles. The first-order chi connectivity index (χ1) is 10.5. The first-order valence-corrected chi connectivity index (χ1v) is 8.31. The van der Waals surface area contributed by atoms with Crippen LogP contribution < -0.4 is 15.4 Å². The van der Waals surface area contributed by atoms with Gasteiger partial charge in [0.1, 0.15) is 12.4 Å². The van der Waals surface area contributed by atoms with E-state index in [1.165, 1.54) is 30.4 Å². The number of ether oxygens (including phenoxy) is 1. The molecule has 4 nitrogen and oxygen atoms in total. The highest BCUT2D eigenvalue weighted by Gasteiger charge is 2.16. The van der Waals surface area contributed by atoms with Crippen molar-refractivity contribution >= 4 is 6.03 Å². The van der Waals surface area contributed by atoms with E-state index < -0.39 is 0 Å². The van der Waals surface area contributed by atoms with Crippen LogP contribution in [-0.2, 0) is 0 Å². The minimum Gasteiger partial charge on any atom is -0.491 e. The second kappa shape index (κ2) is 8.06. The van der Waals surface area contributed by atoms with E-state index in [1.54, 1.807) is 0 Å². The summed E-state index contributed by atoms with van der Waals surface area (Å²) in [4.78, 5) is 12.0. The highest BCUT2D eigenvalue weighted by atomic mass is 16.5. The van der Waals surface area contributed by atoms with Gasteiger partial charge < -0.3 is 15.4 Å². The highest BCUT2D eigenvalue weighted by Crippen LogP contribution is 2.17. The molecule has 1 aliphatic carbocycles. The maximum atomic E-state index is 12.0. The first-order valence-electron chi connectivity index (χ1n) is 8.31. The van der Waals surface area contributed by atoms with Crippen LogP contribution >= 0.6 is 0 Å². The van der Waals surface area contributed by atoms with Crippen molar-refractivity contribution in [3.63, 3.8) is 0 Å². The number of nitrogens with one attached hydrogen (secondary N) is 2. The monoisotopic (exact) mass is 304 g/mol. The SMILES string of the molecule is Cc1ccc(OCC(C)NC(=O)NC2CCCCC2)cc1C. The summed E-state index contributed by atoms with van der Waals surface area (Å²) < 4.78 is 5.75. The zero-order valence-electron chi connectivity index (χ0n) is 13.9. The van der Waals surface area contributed by atoms with Crippen LogP contribution in [0, 0.1) is 13.8 Å². The quantitative estimate of drug-likeness (QED) is 0.871. The number of hydrogen-bond acceptors (Lipinski definition) is 2. The van der Waals surface area contributed by atoms with E-state index in [2.05, 4.69) is 30.5 Å². The summed E-state index contributed by atoms with van der Waals surface area (Å²) in [6.07, 6.45) is 5.93. The molecule has 0 saturated heterocycles. The number of benzene rings is 1. The van der Waals surface area contributed by atoms with Gasteiger partial charge in [0.2, 0.25) is 0 Å². The maximum absolute atomic E-state index is 12.0. The van der Waals surface area contributed by atoms with E-state index in [0.29, 0.717) is 12.6 Å². The predicted octanol–water partition coefficient (Wildman–Crippen LogP) is 3.70. The second-order valence-corrected chi connectivity index (χ2v) is 6.41. The molecule has 22 heavy (non-hydrogen) atoms. The fraction of sp³-hybridized carbons (Fsp3) is 0.611. The van der Waals surface area contributed by atoms with Crippen LogP contribution in [0.2, 0.25) is 0 Å². The molecule has 122 valence electrons. The van der Waals surface area contributed by atoms with Crippen LogP contribution in [0.25, 0.3) is 0 Å². The molecule has 2 rings (SSSR count). The molecule has 1 aromatic rings. The standard InChI is InChI=1S/C18H28N2O2/c1-13-9-10-17(11-14(13)2)22-12-15(3)19-18(21)20-16-7-5-4-6-8-16/h9-11,15-16H,4-8,12H2,1-3H3,(H2,19,20,21). The van der Waals surface area contributed by atoms with E-state index in [9.17, 15) is 4.79 Å². The Morgan fingerprint density at radius 1 is 1.23 bits per heavy atom. The molecule has 1 aliphatic rings. The summed E-state index contributed by atoms with van der Waals surface area (Å²) in [7, 11) is 0. The van der Waals surface area contributed by atoms with E-state index in [4.69, 9.17) is 4.74 Å². The molecule has 0 bridgehead atoms. The maximum Gasteiger partial charge on any atom is 0.315 e. The number of hydrogen-bond donors (Lipinski definition) is 2. The Morgan fingerprint density at radius 3 is 2.64 bits per heavy atom. The molecule has 0 radical (unpaired) electrons. The Bertz CT molecular complexity index is 496. The average molecular weight is 304 g/mol. The zero-order chi connectivity index (χ0) is 15.9. The molecule has 2 N–H and O–H groups in total. The molecule has 4 heteroatoms. The van der Waals surface area contributed by atoms with Gasteiger partial charge in [0.05, 0.1) is 6.04 Å². The lowest BCUT2D eigenvalue weighted by atomic mass is 9.96. The van der Waals surface area contributed by atoms with Crippen LogP contribution in [-0.4, -0.2) is 24.7 Å². The summed E-state index contributed by atoms with van der Waals surface area (Å²) in [5, 5.41) is 6.01. The lowest BCUT2D eigenvalue weighted by Crippen LogP contribution is -2.47. The lowest BCUT2D eigenvalue weighted by molar-refractivity contribution is 0.219. The number of carbonyl (C=O) groups is 1. The highest BCUT2D eigenvalue weighted by molar-refractivity contribution is 5.74. The van der Waals surface area contributed by atoms with Crippen LogP contribution in [0.3, 0.4) is 0 Å². The van der Waals surface area contributed by atoms with Crippen molar-refractivity contribution in [2.75, 3.05) is 6.61 Å². The van der Waals surface area contributed by atoms with Gasteiger partial charge in [-0.05, 0) is 56.9 Å². The average Bonchev–Trinajstić information content (AvgIpc) is 2.49. The summed E-state index contributed by atoms with van der Waals surface area (Å²) in [5.41, 5.74) is 2.47. The Labute approximate surface area is 133 Å². The third-order valence-electron chi connectivity index (χ3n) is 4.30. The van der Waals surface area contributed by atoms with Crippen LogP contribution in [0.5, 0.6) is 5.75 Å². The predicted molar refractivity (Wildman–Crippen MR) is 89.4 cm³/mol. The number of urea groups is 1. The molecule has 0 spiro atoms. The molecule has 1 saturated carbocycles. The fourth-order valence-corrected chi connectivity index (χ4v) is 2.76. The van der Waals surface area contributed by atoms with Crippen LogP contribution in [0.15, 0.2) is 18.2 Å². The number of amides is 2. The molecule has 1 atom stereocenters. The van der Waals surface area contributed by atoms with Gasteiger partial charge in [0.15, 0.2) is 0 Å². The van der Waals surface area contributed by atoms with Crippen LogP contribution in [0.4, 0.5) is 4.79 Å². The second-order valence-electron chi connectivity index (χ2n) is 6.41. The van der Waals surface area contributed by atoms with Gasteiger partial charge in [-0.25, -0.2) is 4.79 Å². The number of carbonyl (C=O) groups excluding carboxylic acids is 1. The van der Waals surface area contributed by atoms with Gasteiger partial charge in [-0.3, -0.25) is 0 Å². The van der Waals surface area contributed by atoms with Crippen molar-refractivity contribution in [3.05, 3.63) is 29.3 Å². The normalized spacial score (nSPS) is 16.9. The fourth-order valence-electron chi connectivity index (χ4n) is 2.76. The topological polar surface area (TPSA) is 50.4 Å². The number of aryl methyl sites for hydroxylation is 2. The van der Waals surface area contributed by atoms with E-state index in [0.717, 1.165) is 18.6 Å².